The predicted octanol–water partition coefficient (Wildman–Crippen LogP) is 12.8. The van der Waals surface area contributed by atoms with Crippen LogP contribution in [0.15, 0.2) is 152 Å². The van der Waals surface area contributed by atoms with Gasteiger partial charge in [0, 0.05) is 63.2 Å². The van der Waals surface area contributed by atoms with Crippen molar-refractivity contribution in [1.82, 2.24) is 9.55 Å². The molecule has 8 rings (SSSR count). The van der Waals surface area contributed by atoms with Crippen LogP contribution in [0.1, 0.15) is 72.1 Å². The number of hydrogen-bond acceptors (Lipinski definition) is 4. The number of anilines is 2. The molecule has 0 atom stereocenters. The molecule has 0 N–H and O–H groups in total. The molecule has 5 aromatic carbocycles. The summed E-state index contributed by atoms with van der Waals surface area (Å²) in [6.07, 6.45) is 4.24. The van der Waals surface area contributed by atoms with Gasteiger partial charge in [-0.2, -0.15) is 0 Å². The number of ether oxygens (including phenoxy) is 1. The van der Waals surface area contributed by atoms with Gasteiger partial charge in [0.15, 0.2) is 0 Å². The number of para-hydroxylation sites is 1. The highest BCUT2D eigenvalue weighted by atomic mass is 16.5. The van der Waals surface area contributed by atoms with Crippen molar-refractivity contribution in [3.63, 3.8) is 0 Å². The maximum Gasteiger partial charge on any atom is 0.137 e. The molecule has 0 unspecified atom stereocenters. The first-order valence-corrected chi connectivity index (χ1v) is 19.0. The molecule has 1 aliphatic heterocycles. The molecule has 1 aliphatic rings. The summed E-state index contributed by atoms with van der Waals surface area (Å²) in [7, 11) is 0. The van der Waals surface area contributed by atoms with Crippen molar-refractivity contribution in [2.75, 3.05) is 16.5 Å². The molecule has 0 fully saturated rings. The van der Waals surface area contributed by atoms with Gasteiger partial charge in [0.2, 0.25) is 0 Å². The number of pyridine rings is 1. The van der Waals surface area contributed by atoms with E-state index in [1.165, 1.54) is 38.8 Å². The quantitative estimate of drug-likeness (QED) is 0.165. The van der Waals surface area contributed by atoms with E-state index in [1.54, 1.807) is 0 Å². The van der Waals surface area contributed by atoms with Gasteiger partial charge in [-0.15, -0.1) is 0 Å². The third kappa shape index (κ3) is 6.53. The lowest BCUT2D eigenvalue weighted by atomic mass is 9.78. The molecular formula is C49H50N4O. The molecule has 0 radical (unpaired) electrons. The number of allylic oxidation sites excluding steroid dienone is 1. The zero-order chi connectivity index (χ0) is 37.8. The Morgan fingerprint density at radius 3 is 2.00 bits per heavy atom. The van der Waals surface area contributed by atoms with Crippen molar-refractivity contribution in [2.45, 2.75) is 66.2 Å². The second-order valence-electron chi connectivity index (χ2n) is 17.1. The highest BCUT2D eigenvalue weighted by molar-refractivity contribution is 6.09. The summed E-state index contributed by atoms with van der Waals surface area (Å²) in [5.74, 6) is 2.48. The lowest BCUT2D eigenvalue weighted by molar-refractivity contribution is 0.481. The van der Waals surface area contributed by atoms with Crippen LogP contribution in [-0.2, 0) is 10.8 Å². The fourth-order valence-electron chi connectivity index (χ4n) is 7.68. The fraction of sp³-hybridized carbons (Fsp3) is 0.245. The van der Waals surface area contributed by atoms with E-state index >= 15 is 0 Å². The number of hydrogen-bond donors (Lipinski definition) is 0. The van der Waals surface area contributed by atoms with Crippen molar-refractivity contribution in [2.24, 2.45) is 5.41 Å². The van der Waals surface area contributed by atoms with Gasteiger partial charge in [0.05, 0.1) is 17.7 Å². The van der Waals surface area contributed by atoms with Crippen LogP contribution in [0.2, 0.25) is 0 Å². The van der Waals surface area contributed by atoms with E-state index in [4.69, 9.17) is 9.72 Å². The molecule has 0 bridgehead atoms. The van der Waals surface area contributed by atoms with E-state index in [0.717, 1.165) is 34.0 Å². The Hall–Kier alpha value is -5.81. The van der Waals surface area contributed by atoms with Crippen LogP contribution < -0.4 is 14.5 Å². The van der Waals surface area contributed by atoms with Crippen molar-refractivity contribution >= 4 is 33.2 Å². The molecule has 7 aromatic rings. The van der Waals surface area contributed by atoms with Crippen LogP contribution >= 0.6 is 0 Å². The number of fused-ring (bicyclic) bond motifs is 3. The minimum Gasteiger partial charge on any atom is -0.457 e. The maximum absolute atomic E-state index is 6.69. The summed E-state index contributed by atoms with van der Waals surface area (Å²) in [6.45, 7) is 18.9. The van der Waals surface area contributed by atoms with Crippen LogP contribution in [0.5, 0.6) is 11.5 Å². The Morgan fingerprint density at radius 2 is 1.22 bits per heavy atom. The van der Waals surface area contributed by atoms with Crippen molar-refractivity contribution in [3.05, 3.63) is 168 Å². The van der Waals surface area contributed by atoms with Gasteiger partial charge in [-0.05, 0) is 76.7 Å². The summed E-state index contributed by atoms with van der Waals surface area (Å²) in [6, 6.07) is 47.5. The van der Waals surface area contributed by atoms with E-state index < -0.39 is 0 Å². The highest BCUT2D eigenvalue weighted by Gasteiger charge is 2.32. The highest BCUT2D eigenvalue weighted by Crippen LogP contribution is 2.41. The standard InChI is InChI=1S/C49H50N4O/c1-47(2,3)35-26-27-50-46(29-35)53-43-23-13-12-22-41(43)42-25-24-40(31-44(42)53)54-39-21-15-20-38(30-39)52-33-51(32-45(52)48(4,5)6)37-19-14-18-36(28-37)49(7,8)34-16-10-9-11-17-34/h9-32H,33H2,1-8H3. The zero-order valence-corrected chi connectivity index (χ0v) is 32.8. The Labute approximate surface area is 320 Å². The molecule has 3 heterocycles. The number of nitrogens with zero attached hydrogens (tertiary/aromatic N) is 4. The van der Waals surface area contributed by atoms with Crippen LogP contribution in [0, 0.1) is 5.41 Å². The predicted molar refractivity (Wildman–Crippen MR) is 226 cm³/mol. The lowest BCUT2D eigenvalue weighted by Crippen LogP contribution is -2.30. The summed E-state index contributed by atoms with van der Waals surface area (Å²) in [4.78, 5) is 9.64. The smallest absolute Gasteiger partial charge is 0.137 e. The third-order valence-corrected chi connectivity index (χ3v) is 10.9. The third-order valence-electron chi connectivity index (χ3n) is 10.9. The molecule has 0 saturated carbocycles. The zero-order valence-electron chi connectivity index (χ0n) is 32.8. The Balaban J connectivity index is 1.11. The van der Waals surface area contributed by atoms with E-state index in [0.29, 0.717) is 6.67 Å². The van der Waals surface area contributed by atoms with Gasteiger partial charge in [-0.25, -0.2) is 4.98 Å². The van der Waals surface area contributed by atoms with Gasteiger partial charge < -0.3 is 14.5 Å². The molecule has 0 spiro atoms. The van der Waals surface area contributed by atoms with Crippen LogP contribution in [0.3, 0.4) is 0 Å². The number of aromatic nitrogens is 2. The van der Waals surface area contributed by atoms with Gasteiger partial charge in [0.1, 0.15) is 17.3 Å². The largest absolute Gasteiger partial charge is 0.457 e. The Morgan fingerprint density at radius 1 is 0.537 bits per heavy atom. The minimum atomic E-state index is -0.122. The first-order valence-electron chi connectivity index (χ1n) is 19.0. The molecule has 5 nitrogen and oxygen atoms in total. The fourth-order valence-corrected chi connectivity index (χ4v) is 7.68. The lowest BCUT2D eigenvalue weighted by Gasteiger charge is -2.31. The van der Waals surface area contributed by atoms with Gasteiger partial charge in [-0.1, -0.05) is 122 Å². The van der Waals surface area contributed by atoms with Crippen molar-refractivity contribution in [1.29, 1.82) is 0 Å². The summed E-state index contributed by atoms with van der Waals surface area (Å²) in [5.41, 5.74) is 9.36. The van der Waals surface area contributed by atoms with Crippen molar-refractivity contribution < 1.29 is 4.74 Å². The summed E-state index contributed by atoms with van der Waals surface area (Å²) in [5, 5.41) is 2.36. The molecule has 2 aromatic heterocycles. The molecular weight excluding hydrogens is 661 g/mol. The first-order chi connectivity index (χ1) is 25.8. The van der Waals surface area contributed by atoms with Gasteiger partial charge in [0.25, 0.3) is 0 Å². The first kappa shape index (κ1) is 35.2. The van der Waals surface area contributed by atoms with Gasteiger partial charge in [-0.3, -0.25) is 4.57 Å². The topological polar surface area (TPSA) is 33.5 Å². The second kappa shape index (κ2) is 13.2. The second-order valence-corrected chi connectivity index (χ2v) is 17.1. The van der Waals surface area contributed by atoms with Crippen LogP contribution in [0.25, 0.3) is 27.6 Å². The normalized spacial score (nSPS) is 13.9. The summed E-state index contributed by atoms with van der Waals surface area (Å²) < 4.78 is 8.95. The molecule has 0 amide bonds. The van der Waals surface area contributed by atoms with Crippen LogP contribution in [0.4, 0.5) is 11.4 Å². The molecule has 0 saturated heterocycles. The van der Waals surface area contributed by atoms with Crippen molar-refractivity contribution in [3.8, 4) is 17.3 Å². The van der Waals surface area contributed by atoms with E-state index in [2.05, 4.69) is 203 Å². The molecule has 5 heteroatoms. The van der Waals surface area contributed by atoms with Crippen LogP contribution in [-0.4, -0.2) is 16.2 Å². The van der Waals surface area contributed by atoms with E-state index in [9.17, 15) is 0 Å². The van der Waals surface area contributed by atoms with Gasteiger partial charge >= 0.3 is 0 Å². The molecule has 54 heavy (non-hydrogen) atoms. The average Bonchev–Trinajstić information content (AvgIpc) is 3.76. The van der Waals surface area contributed by atoms with E-state index in [-0.39, 0.29) is 16.2 Å². The molecule has 0 aliphatic carbocycles. The SMILES string of the molecule is CC(C)(C)C1=CN(c2cccc(C(C)(C)c3ccccc3)c2)CN1c1cccc(Oc2ccc3c4ccccc4n(-c4cc(C(C)(C)C)ccn4)c3c2)c1. The number of benzene rings is 5. The monoisotopic (exact) mass is 710 g/mol. The summed E-state index contributed by atoms with van der Waals surface area (Å²) >= 11 is 0. The maximum atomic E-state index is 6.69. The minimum absolute atomic E-state index is 0.00742. The average molecular weight is 711 g/mol. The Bertz CT molecular complexity index is 2510. The van der Waals surface area contributed by atoms with E-state index in [1.807, 2.05) is 12.3 Å². The number of rotatable bonds is 7. The Kier molecular flexibility index (Phi) is 8.64. The molecule has 272 valence electrons.